The lowest BCUT2D eigenvalue weighted by molar-refractivity contribution is -0.114. The van der Waals surface area contributed by atoms with Crippen LogP contribution in [0, 0.1) is 6.92 Å². The van der Waals surface area contributed by atoms with Crippen molar-refractivity contribution in [2.45, 2.75) is 6.92 Å². The zero-order chi connectivity index (χ0) is 15.7. The summed E-state index contributed by atoms with van der Waals surface area (Å²) in [5, 5.41) is 4.74. The number of halogens is 1. The number of anilines is 1. The van der Waals surface area contributed by atoms with E-state index in [4.69, 9.17) is 16.3 Å². The summed E-state index contributed by atoms with van der Waals surface area (Å²) in [6.45, 7) is 2.88. The molecule has 0 spiro atoms. The second-order valence-corrected chi connectivity index (χ2v) is 5.41. The van der Waals surface area contributed by atoms with Crippen molar-refractivity contribution in [2.24, 2.45) is 7.05 Å². The lowest BCUT2D eigenvalue weighted by Crippen LogP contribution is -2.36. The standard InChI is InChI=1S/C16H16ClN3O2/c1-11-12(16(17)19(2)18-11)7-8-15(21)20-9-10-22-14-6-4-3-5-13(14)20/h3-8H,9-10H2,1-2H3. The molecule has 1 amide bonds. The molecular formula is C16H16ClN3O2. The van der Waals surface area contributed by atoms with Crippen LogP contribution >= 0.6 is 11.6 Å². The van der Waals surface area contributed by atoms with E-state index >= 15 is 0 Å². The number of rotatable bonds is 2. The predicted octanol–water partition coefficient (Wildman–Crippen LogP) is 2.82. The number of carbonyl (C=O) groups excluding carboxylic acids is 1. The van der Waals surface area contributed by atoms with Gasteiger partial charge in [0, 0.05) is 18.7 Å². The monoisotopic (exact) mass is 317 g/mol. The van der Waals surface area contributed by atoms with Crippen molar-refractivity contribution >= 4 is 29.3 Å². The fourth-order valence-electron chi connectivity index (χ4n) is 2.48. The summed E-state index contributed by atoms with van der Waals surface area (Å²) in [6, 6.07) is 7.52. The minimum absolute atomic E-state index is 0.102. The van der Waals surface area contributed by atoms with Gasteiger partial charge in [-0.15, -0.1) is 0 Å². The first-order valence-electron chi connectivity index (χ1n) is 6.98. The average Bonchev–Trinajstić information content (AvgIpc) is 2.77. The van der Waals surface area contributed by atoms with Crippen LogP contribution in [0.4, 0.5) is 5.69 Å². The Labute approximate surface area is 133 Å². The predicted molar refractivity (Wildman–Crippen MR) is 86.3 cm³/mol. The van der Waals surface area contributed by atoms with Gasteiger partial charge in [0.15, 0.2) is 0 Å². The Morgan fingerprint density at radius 2 is 2.18 bits per heavy atom. The third-order valence-electron chi connectivity index (χ3n) is 3.58. The number of aryl methyl sites for hydroxylation is 2. The van der Waals surface area contributed by atoms with Gasteiger partial charge in [-0.1, -0.05) is 23.7 Å². The number of hydrogen-bond donors (Lipinski definition) is 0. The fraction of sp³-hybridized carbons (Fsp3) is 0.250. The molecule has 22 heavy (non-hydrogen) atoms. The zero-order valence-electron chi connectivity index (χ0n) is 12.4. The highest BCUT2D eigenvalue weighted by atomic mass is 35.5. The number of fused-ring (bicyclic) bond motifs is 1. The van der Waals surface area contributed by atoms with Gasteiger partial charge < -0.3 is 9.64 Å². The zero-order valence-corrected chi connectivity index (χ0v) is 13.2. The highest BCUT2D eigenvalue weighted by molar-refractivity contribution is 6.31. The van der Waals surface area contributed by atoms with Crippen LogP contribution in [-0.4, -0.2) is 28.8 Å². The molecule has 1 aromatic heterocycles. The van der Waals surface area contributed by atoms with Crippen LogP contribution in [0.1, 0.15) is 11.3 Å². The van der Waals surface area contributed by atoms with E-state index in [1.807, 2.05) is 31.2 Å². The van der Waals surface area contributed by atoms with Crippen molar-refractivity contribution in [3.8, 4) is 5.75 Å². The first kappa shape index (κ1) is 14.7. The largest absolute Gasteiger partial charge is 0.490 e. The molecule has 3 rings (SSSR count). The van der Waals surface area contributed by atoms with Crippen LogP contribution in [0.25, 0.3) is 6.08 Å². The highest BCUT2D eigenvalue weighted by Gasteiger charge is 2.21. The Morgan fingerprint density at radius 1 is 1.41 bits per heavy atom. The van der Waals surface area contributed by atoms with E-state index in [1.54, 1.807) is 22.7 Å². The van der Waals surface area contributed by atoms with Gasteiger partial charge in [0.25, 0.3) is 5.91 Å². The van der Waals surface area contributed by atoms with Crippen molar-refractivity contribution in [2.75, 3.05) is 18.1 Å². The summed E-state index contributed by atoms with van der Waals surface area (Å²) in [6.07, 6.45) is 3.24. The molecule has 114 valence electrons. The van der Waals surface area contributed by atoms with Crippen LogP contribution in [0.15, 0.2) is 30.3 Å². The number of ether oxygens (including phenoxy) is 1. The summed E-state index contributed by atoms with van der Waals surface area (Å²) in [5.74, 6) is 0.626. The Bertz CT molecular complexity index is 752. The second-order valence-electron chi connectivity index (χ2n) is 5.05. The summed E-state index contributed by atoms with van der Waals surface area (Å²) < 4.78 is 7.14. The SMILES string of the molecule is Cc1nn(C)c(Cl)c1C=CC(=O)N1CCOc2ccccc21. The molecule has 0 saturated heterocycles. The van der Waals surface area contributed by atoms with Gasteiger partial charge in [0.2, 0.25) is 0 Å². The second kappa shape index (κ2) is 5.85. The highest BCUT2D eigenvalue weighted by Crippen LogP contribution is 2.31. The van der Waals surface area contributed by atoms with Gasteiger partial charge in [0.1, 0.15) is 17.5 Å². The van der Waals surface area contributed by atoms with E-state index in [9.17, 15) is 4.79 Å². The minimum Gasteiger partial charge on any atom is -0.490 e. The molecule has 0 aliphatic carbocycles. The first-order chi connectivity index (χ1) is 10.6. The lowest BCUT2D eigenvalue weighted by Gasteiger charge is -2.28. The summed E-state index contributed by atoms with van der Waals surface area (Å²) in [5.41, 5.74) is 2.34. The van der Waals surface area contributed by atoms with Gasteiger partial charge in [-0.05, 0) is 25.1 Å². The van der Waals surface area contributed by atoms with Gasteiger partial charge in [-0.25, -0.2) is 0 Å². The molecule has 0 fully saturated rings. The molecule has 0 N–H and O–H groups in total. The van der Waals surface area contributed by atoms with Crippen LogP contribution in [0.5, 0.6) is 5.75 Å². The van der Waals surface area contributed by atoms with E-state index in [1.165, 1.54) is 6.08 Å². The Kier molecular flexibility index (Phi) is 3.90. The third-order valence-corrected chi connectivity index (χ3v) is 4.03. The normalized spacial score (nSPS) is 14.0. The van der Waals surface area contributed by atoms with Gasteiger partial charge in [0.05, 0.1) is 17.9 Å². The molecule has 5 nitrogen and oxygen atoms in total. The Balaban J connectivity index is 1.85. The van der Waals surface area contributed by atoms with Gasteiger partial charge >= 0.3 is 0 Å². The molecule has 6 heteroatoms. The minimum atomic E-state index is -0.102. The maximum Gasteiger partial charge on any atom is 0.251 e. The number of para-hydroxylation sites is 2. The third kappa shape index (κ3) is 2.60. The molecule has 1 aliphatic rings. The molecule has 0 bridgehead atoms. The van der Waals surface area contributed by atoms with Crippen molar-refractivity contribution < 1.29 is 9.53 Å². The Morgan fingerprint density at radius 3 is 2.91 bits per heavy atom. The van der Waals surface area contributed by atoms with E-state index in [2.05, 4.69) is 5.10 Å². The summed E-state index contributed by atoms with van der Waals surface area (Å²) >= 11 is 6.17. The molecule has 1 aliphatic heterocycles. The van der Waals surface area contributed by atoms with E-state index in [0.29, 0.717) is 18.3 Å². The molecule has 2 aromatic rings. The van der Waals surface area contributed by atoms with E-state index in [0.717, 1.165) is 22.7 Å². The summed E-state index contributed by atoms with van der Waals surface area (Å²) in [7, 11) is 1.77. The fourth-order valence-corrected chi connectivity index (χ4v) is 2.72. The van der Waals surface area contributed by atoms with Crippen molar-refractivity contribution in [1.29, 1.82) is 0 Å². The molecular weight excluding hydrogens is 302 g/mol. The first-order valence-corrected chi connectivity index (χ1v) is 7.36. The molecule has 2 heterocycles. The molecule has 0 radical (unpaired) electrons. The van der Waals surface area contributed by atoms with Gasteiger partial charge in [-0.3, -0.25) is 9.48 Å². The Hall–Kier alpha value is -2.27. The van der Waals surface area contributed by atoms with Gasteiger partial charge in [-0.2, -0.15) is 5.10 Å². The topological polar surface area (TPSA) is 47.4 Å². The van der Waals surface area contributed by atoms with Crippen LogP contribution in [-0.2, 0) is 11.8 Å². The molecule has 0 unspecified atom stereocenters. The van der Waals surface area contributed by atoms with Crippen molar-refractivity contribution in [3.05, 3.63) is 46.8 Å². The number of aromatic nitrogens is 2. The smallest absolute Gasteiger partial charge is 0.251 e. The molecule has 0 atom stereocenters. The molecule has 1 aromatic carbocycles. The van der Waals surface area contributed by atoms with Crippen molar-refractivity contribution in [1.82, 2.24) is 9.78 Å². The van der Waals surface area contributed by atoms with Crippen LogP contribution < -0.4 is 9.64 Å². The molecule has 0 saturated carbocycles. The van der Waals surface area contributed by atoms with Crippen LogP contribution in [0.3, 0.4) is 0 Å². The number of amides is 1. The lowest BCUT2D eigenvalue weighted by atomic mass is 10.2. The summed E-state index contributed by atoms with van der Waals surface area (Å²) in [4.78, 5) is 14.2. The number of nitrogens with zero attached hydrogens (tertiary/aromatic N) is 3. The van der Waals surface area contributed by atoms with Crippen molar-refractivity contribution in [3.63, 3.8) is 0 Å². The van der Waals surface area contributed by atoms with E-state index < -0.39 is 0 Å². The maximum absolute atomic E-state index is 12.5. The quantitative estimate of drug-likeness (QED) is 0.800. The number of hydrogen-bond acceptors (Lipinski definition) is 3. The average molecular weight is 318 g/mol. The number of benzene rings is 1. The van der Waals surface area contributed by atoms with E-state index in [-0.39, 0.29) is 5.91 Å². The number of carbonyl (C=O) groups is 1. The maximum atomic E-state index is 12.5. The van der Waals surface area contributed by atoms with Crippen LogP contribution in [0.2, 0.25) is 5.15 Å².